The van der Waals surface area contributed by atoms with Gasteiger partial charge >= 0.3 is 5.97 Å². The fourth-order valence-electron chi connectivity index (χ4n) is 5.21. The third-order valence-corrected chi connectivity index (χ3v) is 10.1. The van der Waals surface area contributed by atoms with Crippen LogP contribution in [-0.2, 0) is 20.2 Å². The van der Waals surface area contributed by atoms with Gasteiger partial charge in [-0.3, -0.25) is 9.36 Å². The standard InChI is InChI=1S/C36H37N3O5S/c1-23-11-16-29(17-12-23)39-33(24(2)38(6)45(42,43)30-18-14-28(15-19-30)36(3,4)5)37-32-20-13-26(22-31(32)34(39)40)25-9-8-10-27(21-25)35(41)44-7/h8-22,24H,1-7H3. The summed E-state index contributed by atoms with van der Waals surface area (Å²) in [7, 11) is -1.10. The van der Waals surface area contributed by atoms with Crippen LogP contribution in [0.15, 0.2) is 101 Å². The Hall–Kier alpha value is -4.60. The molecule has 9 heteroatoms. The van der Waals surface area contributed by atoms with Crippen molar-refractivity contribution >= 4 is 26.9 Å². The normalized spacial score (nSPS) is 12.8. The first-order chi connectivity index (χ1) is 21.2. The first-order valence-corrected chi connectivity index (χ1v) is 16.1. The van der Waals surface area contributed by atoms with Crippen LogP contribution in [0, 0.1) is 6.92 Å². The number of hydrogen-bond acceptors (Lipinski definition) is 6. The molecular formula is C36H37N3O5S. The van der Waals surface area contributed by atoms with Crippen molar-refractivity contribution in [3.63, 3.8) is 0 Å². The number of ether oxygens (including phenoxy) is 1. The summed E-state index contributed by atoms with van der Waals surface area (Å²) in [5.41, 5.74) is 4.44. The van der Waals surface area contributed by atoms with Crippen molar-refractivity contribution in [1.29, 1.82) is 0 Å². The average molecular weight is 624 g/mol. The van der Waals surface area contributed by atoms with E-state index in [0.29, 0.717) is 22.2 Å². The molecule has 0 aliphatic carbocycles. The van der Waals surface area contributed by atoms with E-state index in [9.17, 15) is 18.0 Å². The van der Waals surface area contributed by atoms with E-state index in [0.717, 1.165) is 22.3 Å². The number of aryl methyl sites for hydroxylation is 1. The molecule has 1 unspecified atom stereocenters. The SMILES string of the molecule is COC(=O)c1cccc(-c2ccc3nc(C(C)N(C)S(=O)(=O)c4ccc(C(C)(C)C)cc4)n(-c4ccc(C)cc4)c(=O)c3c2)c1. The molecule has 0 radical (unpaired) electrons. The van der Waals surface area contributed by atoms with Crippen LogP contribution < -0.4 is 5.56 Å². The molecular weight excluding hydrogens is 586 g/mol. The van der Waals surface area contributed by atoms with Crippen molar-refractivity contribution in [2.75, 3.05) is 14.2 Å². The second-order valence-electron chi connectivity index (χ2n) is 12.2. The number of hydrogen-bond donors (Lipinski definition) is 0. The van der Waals surface area contributed by atoms with Gasteiger partial charge in [0.05, 0.1) is 40.2 Å². The van der Waals surface area contributed by atoms with Crippen molar-refractivity contribution in [3.05, 3.63) is 124 Å². The van der Waals surface area contributed by atoms with Crippen molar-refractivity contribution in [1.82, 2.24) is 13.9 Å². The van der Waals surface area contributed by atoms with Crippen molar-refractivity contribution in [2.45, 2.75) is 51.0 Å². The summed E-state index contributed by atoms with van der Waals surface area (Å²) in [5.74, 6) is -0.168. The molecule has 4 aromatic carbocycles. The molecule has 0 bridgehead atoms. The zero-order chi connectivity index (χ0) is 32.7. The van der Waals surface area contributed by atoms with Gasteiger partial charge in [0.2, 0.25) is 10.0 Å². The zero-order valence-electron chi connectivity index (χ0n) is 26.5. The van der Waals surface area contributed by atoms with E-state index in [2.05, 4.69) is 20.8 Å². The maximum atomic E-state index is 14.3. The highest BCUT2D eigenvalue weighted by Gasteiger charge is 2.30. The van der Waals surface area contributed by atoms with E-state index in [-0.39, 0.29) is 21.7 Å². The molecule has 45 heavy (non-hydrogen) atoms. The average Bonchev–Trinajstić information content (AvgIpc) is 3.03. The maximum Gasteiger partial charge on any atom is 0.337 e. The summed E-state index contributed by atoms with van der Waals surface area (Å²) in [6.07, 6.45) is 0. The third kappa shape index (κ3) is 6.18. The minimum Gasteiger partial charge on any atom is -0.465 e. The molecule has 1 aromatic heterocycles. The number of aromatic nitrogens is 2. The molecule has 0 aliphatic rings. The molecule has 8 nitrogen and oxygen atoms in total. The van der Waals surface area contributed by atoms with Gasteiger partial charge in [-0.1, -0.05) is 68.8 Å². The van der Waals surface area contributed by atoms with E-state index in [1.807, 2.05) is 55.5 Å². The molecule has 0 amide bonds. The lowest BCUT2D eigenvalue weighted by Gasteiger charge is -2.27. The third-order valence-electron chi connectivity index (χ3n) is 8.12. The van der Waals surface area contributed by atoms with Crippen LogP contribution in [0.25, 0.3) is 27.7 Å². The highest BCUT2D eigenvalue weighted by Crippen LogP contribution is 2.30. The summed E-state index contributed by atoms with van der Waals surface area (Å²) >= 11 is 0. The van der Waals surface area contributed by atoms with Crippen LogP contribution in [0.5, 0.6) is 0 Å². The molecule has 0 saturated heterocycles. The van der Waals surface area contributed by atoms with Gasteiger partial charge in [0.1, 0.15) is 5.82 Å². The lowest BCUT2D eigenvalue weighted by atomic mass is 9.87. The van der Waals surface area contributed by atoms with Gasteiger partial charge in [0.15, 0.2) is 0 Å². The predicted molar refractivity (Wildman–Crippen MR) is 177 cm³/mol. The lowest BCUT2D eigenvalue weighted by Crippen LogP contribution is -2.35. The van der Waals surface area contributed by atoms with Gasteiger partial charge in [-0.2, -0.15) is 4.31 Å². The topological polar surface area (TPSA) is 98.6 Å². The van der Waals surface area contributed by atoms with Crippen LogP contribution in [0.3, 0.4) is 0 Å². The minimum atomic E-state index is -3.94. The quantitative estimate of drug-likeness (QED) is 0.184. The van der Waals surface area contributed by atoms with Gasteiger partial charge in [-0.25, -0.2) is 18.2 Å². The number of benzene rings is 4. The monoisotopic (exact) mass is 623 g/mol. The maximum absolute atomic E-state index is 14.3. The van der Waals surface area contributed by atoms with Crippen LogP contribution in [-0.4, -0.2) is 42.4 Å². The molecule has 5 aromatic rings. The van der Waals surface area contributed by atoms with Crippen LogP contribution in [0.2, 0.25) is 0 Å². The number of nitrogens with zero attached hydrogens (tertiary/aromatic N) is 3. The summed E-state index contributed by atoms with van der Waals surface area (Å²) in [6.45, 7) is 9.90. The molecule has 0 N–H and O–H groups in total. The van der Waals surface area contributed by atoms with Crippen LogP contribution >= 0.6 is 0 Å². The Labute approximate surface area is 264 Å². The molecule has 0 aliphatic heterocycles. The van der Waals surface area contributed by atoms with Crippen LogP contribution in [0.1, 0.15) is 61.0 Å². The number of sulfonamides is 1. The first-order valence-electron chi connectivity index (χ1n) is 14.6. The summed E-state index contributed by atoms with van der Waals surface area (Å²) in [4.78, 5) is 31.5. The number of fused-ring (bicyclic) bond motifs is 1. The summed E-state index contributed by atoms with van der Waals surface area (Å²) < 4.78 is 35.3. The lowest BCUT2D eigenvalue weighted by molar-refractivity contribution is 0.0600. The van der Waals surface area contributed by atoms with Gasteiger partial charge < -0.3 is 4.74 Å². The summed E-state index contributed by atoms with van der Waals surface area (Å²) in [5, 5.41) is 0.357. The number of carbonyl (C=O) groups excluding carboxylic acids is 1. The minimum absolute atomic E-state index is 0.120. The van der Waals surface area contributed by atoms with E-state index in [4.69, 9.17) is 9.72 Å². The van der Waals surface area contributed by atoms with E-state index in [1.165, 1.54) is 23.0 Å². The Morgan fingerprint density at radius 3 is 2.18 bits per heavy atom. The molecule has 232 valence electrons. The Morgan fingerprint density at radius 2 is 1.56 bits per heavy atom. The fraction of sp³-hybridized carbons (Fsp3) is 0.250. The Balaban J connectivity index is 1.65. The smallest absolute Gasteiger partial charge is 0.337 e. The largest absolute Gasteiger partial charge is 0.465 e. The van der Waals surface area contributed by atoms with Gasteiger partial charge in [-0.15, -0.1) is 0 Å². The molecule has 0 spiro atoms. The van der Waals surface area contributed by atoms with Gasteiger partial charge in [0, 0.05) is 7.05 Å². The Bertz CT molecular complexity index is 2060. The van der Waals surface area contributed by atoms with Crippen LogP contribution in [0.4, 0.5) is 0 Å². The van der Waals surface area contributed by atoms with E-state index in [1.54, 1.807) is 49.4 Å². The molecule has 1 heterocycles. The van der Waals surface area contributed by atoms with Crippen molar-refractivity contribution in [2.24, 2.45) is 0 Å². The molecule has 5 rings (SSSR count). The van der Waals surface area contributed by atoms with E-state index < -0.39 is 22.0 Å². The van der Waals surface area contributed by atoms with Gasteiger partial charge in [-0.05, 0) is 84.5 Å². The Kier molecular flexibility index (Phi) is 8.53. The second kappa shape index (κ2) is 12.1. The first kappa shape index (κ1) is 31.8. The zero-order valence-corrected chi connectivity index (χ0v) is 27.3. The molecule has 0 saturated carbocycles. The van der Waals surface area contributed by atoms with Gasteiger partial charge in [0.25, 0.3) is 5.56 Å². The van der Waals surface area contributed by atoms with Crippen molar-refractivity contribution in [3.8, 4) is 16.8 Å². The second-order valence-corrected chi connectivity index (χ2v) is 14.2. The predicted octanol–water partition coefficient (Wildman–Crippen LogP) is 6.83. The highest BCUT2D eigenvalue weighted by atomic mass is 32.2. The number of rotatable bonds is 7. The van der Waals surface area contributed by atoms with E-state index >= 15 is 0 Å². The fourth-order valence-corrected chi connectivity index (χ4v) is 6.54. The molecule has 0 fully saturated rings. The number of esters is 1. The number of carbonyl (C=O) groups is 1. The number of methoxy groups -OCH3 is 1. The molecule has 1 atom stereocenters. The van der Waals surface area contributed by atoms with Crippen molar-refractivity contribution < 1.29 is 17.9 Å². The highest BCUT2D eigenvalue weighted by molar-refractivity contribution is 7.89. The summed E-state index contributed by atoms with van der Waals surface area (Å²) in [6, 6.07) is 25.9. The Morgan fingerprint density at radius 1 is 0.911 bits per heavy atom.